The van der Waals surface area contributed by atoms with Crippen molar-refractivity contribution in [3.8, 4) is 0 Å². The Balaban J connectivity index is 1.44. The van der Waals surface area contributed by atoms with Crippen molar-refractivity contribution in [1.82, 2.24) is 4.72 Å². The van der Waals surface area contributed by atoms with Gasteiger partial charge in [-0.25, -0.2) is 22.7 Å². The molecule has 0 bridgehead atoms. The second-order valence-corrected chi connectivity index (χ2v) is 12.2. The second kappa shape index (κ2) is 15.1. The molecule has 1 atom stereocenters. The number of rotatable bonds is 14. The smallest absolute Gasteiger partial charge is 0.336 e. The van der Waals surface area contributed by atoms with Crippen LogP contribution in [0.15, 0.2) is 96.2 Å². The first-order chi connectivity index (χ1) is 22.3. The van der Waals surface area contributed by atoms with Gasteiger partial charge >= 0.3 is 11.9 Å². The van der Waals surface area contributed by atoms with Crippen LogP contribution in [0.2, 0.25) is 0 Å². The minimum absolute atomic E-state index is 0.0136. The lowest BCUT2D eigenvalue weighted by atomic mass is 10.0. The standard InChI is InChI=1S/C33H32N4O9S/c1-20(23-8-6-10-25(17-23)36-30(38)26-11-3-4-12-27(26)32(40)41)37-46-19-22-13-14-28(33(42)43)29(16-22)31(39)35-24-9-5-7-21(15-24)18-34-47(2,44)45/h3-17,30,34,36,38H,18-19H2,1-2H3,(H,35,39)(H,40,41)(H,42,43). The third kappa shape index (κ3) is 9.71. The molecule has 6 N–H and O–H groups in total. The van der Waals surface area contributed by atoms with Gasteiger partial charge in [0.05, 0.1) is 28.7 Å². The highest BCUT2D eigenvalue weighted by atomic mass is 32.2. The van der Waals surface area contributed by atoms with Gasteiger partial charge in [0.1, 0.15) is 6.61 Å². The predicted octanol–water partition coefficient (Wildman–Crippen LogP) is 4.43. The molecule has 47 heavy (non-hydrogen) atoms. The Morgan fingerprint density at radius 1 is 0.809 bits per heavy atom. The zero-order chi connectivity index (χ0) is 34.1. The predicted molar refractivity (Wildman–Crippen MR) is 175 cm³/mol. The molecule has 0 aliphatic rings. The summed E-state index contributed by atoms with van der Waals surface area (Å²) in [6, 6.07) is 23.7. The van der Waals surface area contributed by atoms with E-state index in [1.54, 1.807) is 67.6 Å². The molecule has 0 spiro atoms. The average Bonchev–Trinajstić information content (AvgIpc) is 3.03. The number of hydrogen-bond donors (Lipinski definition) is 6. The lowest BCUT2D eigenvalue weighted by Crippen LogP contribution is -2.21. The number of benzene rings is 4. The van der Waals surface area contributed by atoms with E-state index in [0.717, 1.165) is 6.26 Å². The Labute approximate surface area is 270 Å². The molecule has 4 aromatic carbocycles. The monoisotopic (exact) mass is 660 g/mol. The fraction of sp³-hybridized carbons (Fsp3) is 0.152. The van der Waals surface area contributed by atoms with Crippen LogP contribution in [0.4, 0.5) is 11.4 Å². The topological polar surface area (TPSA) is 204 Å². The fourth-order valence-electron chi connectivity index (χ4n) is 4.48. The van der Waals surface area contributed by atoms with Gasteiger partial charge in [-0.2, -0.15) is 0 Å². The van der Waals surface area contributed by atoms with E-state index >= 15 is 0 Å². The van der Waals surface area contributed by atoms with Crippen LogP contribution in [0.3, 0.4) is 0 Å². The molecule has 0 radical (unpaired) electrons. The molecule has 0 saturated heterocycles. The van der Waals surface area contributed by atoms with Gasteiger partial charge in [0, 0.05) is 29.0 Å². The number of oxime groups is 1. The van der Waals surface area contributed by atoms with E-state index in [1.165, 1.54) is 30.3 Å². The van der Waals surface area contributed by atoms with Crippen molar-refractivity contribution in [2.75, 3.05) is 16.9 Å². The molecule has 0 saturated carbocycles. The maximum absolute atomic E-state index is 13.1. The Kier molecular flexibility index (Phi) is 11.1. The van der Waals surface area contributed by atoms with Crippen LogP contribution in [0.1, 0.15) is 66.5 Å². The summed E-state index contributed by atoms with van der Waals surface area (Å²) in [5.41, 5.74) is 2.86. The van der Waals surface area contributed by atoms with E-state index in [-0.39, 0.29) is 35.4 Å². The first-order valence-corrected chi connectivity index (χ1v) is 15.9. The van der Waals surface area contributed by atoms with Crippen molar-refractivity contribution in [1.29, 1.82) is 0 Å². The molecule has 0 fully saturated rings. The summed E-state index contributed by atoms with van der Waals surface area (Å²) in [6.45, 7) is 1.62. The molecule has 4 aromatic rings. The zero-order valence-electron chi connectivity index (χ0n) is 25.3. The maximum atomic E-state index is 13.1. The molecular formula is C33H32N4O9S. The number of aliphatic hydroxyl groups is 1. The Morgan fingerprint density at radius 2 is 1.51 bits per heavy atom. The van der Waals surface area contributed by atoms with E-state index in [9.17, 15) is 38.1 Å². The van der Waals surface area contributed by atoms with Crippen molar-refractivity contribution in [3.05, 3.63) is 130 Å². The number of aliphatic hydroxyl groups excluding tert-OH is 1. The van der Waals surface area contributed by atoms with Crippen molar-refractivity contribution in [2.24, 2.45) is 5.16 Å². The highest BCUT2D eigenvalue weighted by Gasteiger charge is 2.19. The normalized spacial score (nSPS) is 12.2. The summed E-state index contributed by atoms with van der Waals surface area (Å²) >= 11 is 0. The first-order valence-electron chi connectivity index (χ1n) is 14.1. The Bertz CT molecular complexity index is 1940. The van der Waals surface area contributed by atoms with Gasteiger partial charge in [-0.3, -0.25) is 4.79 Å². The molecule has 0 aliphatic heterocycles. The van der Waals surface area contributed by atoms with E-state index in [1.807, 2.05) is 0 Å². The minimum Gasteiger partial charge on any atom is -0.478 e. The van der Waals surface area contributed by atoms with Crippen LogP contribution in [0, 0.1) is 0 Å². The SMILES string of the molecule is CC(=NOCc1ccc(C(=O)O)c(C(=O)Nc2cccc(CNS(C)(=O)=O)c2)c1)c1cccc(NC(O)c2ccccc2C(=O)O)c1. The molecule has 13 nitrogen and oxygen atoms in total. The summed E-state index contributed by atoms with van der Waals surface area (Å²) < 4.78 is 25.2. The Hall–Kier alpha value is -5.57. The molecule has 1 amide bonds. The third-order valence-corrected chi connectivity index (χ3v) is 7.45. The Morgan fingerprint density at radius 3 is 2.23 bits per heavy atom. The van der Waals surface area contributed by atoms with Gasteiger partial charge < -0.3 is 30.8 Å². The van der Waals surface area contributed by atoms with Gasteiger partial charge in [-0.05, 0) is 60.5 Å². The van der Waals surface area contributed by atoms with E-state index < -0.39 is 34.1 Å². The maximum Gasteiger partial charge on any atom is 0.336 e. The number of aromatic carboxylic acids is 2. The van der Waals surface area contributed by atoms with Crippen LogP contribution < -0.4 is 15.4 Å². The highest BCUT2D eigenvalue weighted by molar-refractivity contribution is 7.88. The minimum atomic E-state index is -3.42. The molecule has 14 heteroatoms. The van der Waals surface area contributed by atoms with Gasteiger partial charge in [0.25, 0.3) is 5.91 Å². The number of sulfonamides is 1. The first kappa shape index (κ1) is 34.3. The molecule has 244 valence electrons. The summed E-state index contributed by atoms with van der Waals surface area (Å²) in [4.78, 5) is 42.0. The number of amides is 1. The van der Waals surface area contributed by atoms with Crippen molar-refractivity contribution in [3.63, 3.8) is 0 Å². The third-order valence-electron chi connectivity index (χ3n) is 6.78. The molecular weight excluding hydrogens is 628 g/mol. The van der Waals surface area contributed by atoms with Crippen LogP contribution >= 0.6 is 0 Å². The van der Waals surface area contributed by atoms with E-state index in [0.29, 0.717) is 33.8 Å². The fourth-order valence-corrected chi connectivity index (χ4v) is 4.91. The van der Waals surface area contributed by atoms with E-state index in [4.69, 9.17) is 4.84 Å². The van der Waals surface area contributed by atoms with Crippen LogP contribution in [0.5, 0.6) is 0 Å². The molecule has 0 aliphatic carbocycles. The number of carbonyl (C=O) groups excluding carboxylic acids is 1. The molecule has 0 aromatic heterocycles. The lowest BCUT2D eigenvalue weighted by Gasteiger charge is -2.17. The van der Waals surface area contributed by atoms with Gasteiger partial charge in [0.2, 0.25) is 10.0 Å². The number of carbonyl (C=O) groups is 3. The largest absolute Gasteiger partial charge is 0.478 e. The second-order valence-electron chi connectivity index (χ2n) is 10.4. The van der Waals surface area contributed by atoms with E-state index in [2.05, 4.69) is 20.5 Å². The van der Waals surface area contributed by atoms with Crippen molar-refractivity contribution in [2.45, 2.75) is 26.3 Å². The lowest BCUT2D eigenvalue weighted by molar-refractivity contribution is 0.0682. The number of anilines is 2. The summed E-state index contributed by atoms with van der Waals surface area (Å²) in [6.07, 6.45) is -0.252. The quantitative estimate of drug-likeness (QED) is 0.0638. The average molecular weight is 661 g/mol. The highest BCUT2D eigenvalue weighted by Crippen LogP contribution is 2.22. The van der Waals surface area contributed by atoms with Gasteiger partial charge in [-0.1, -0.05) is 53.7 Å². The number of hydrogen-bond acceptors (Lipinski definition) is 9. The van der Waals surface area contributed by atoms with Crippen LogP contribution in [-0.2, 0) is 28.0 Å². The number of nitrogens with one attached hydrogen (secondary N) is 3. The number of nitrogens with zero attached hydrogens (tertiary/aromatic N) is 1. The number of carboxylic acid groups (broad SMARTS) is 2. The zero-order valence-corrected chi connectivity index (χ0v) is 26.1. The molecule has 1 unspecified atom stereocenters. The summed E-state index contributed by atoms with van der Waals surface area (Å²) in [7, 11) is -3.42. The van der Waals surface area contributed by atoms with Crippen LogP contribution in [0.25, 0.3) is 0 Å². The van der Waals surface area contributed by atoms with Gasteiger partial charge in [0.15, 0.2) is 6.23 Å². The summed E-state index contributed by atoms with van der Waals surface area (Å²) in [5, 5.41) is 39.4. The van der Waals surface area contributed by atoms with Gasteiger partial charge in [-0.15, -0.1) is 0 Å². The molecule has 0 heterocycles. The molecule has 4 rings (SSSR count). The van der Waals surface area contributed by atoms with Crippen molar-refractivity contribution >= 4 is 45.0 Å². The van der Waals surface area contributed by atoms with Crippen molar-refractivity contribution < 1.29 is 43.0 Å². The van der Waals surface area contributed by atoms with Crippen LogP contribution in [-0.4, -0.2) is 53.6 Å². The summed E-state index contributed by atoms with van der Waals surface area (Å²) in [5.74, 6) is -3.14. The number of carboxylic acids is 2.